The second kappa shape index (κ2) is 6.57. The van der Waals surface area contributed by atoms with Gasteiger partial charge in [-0.05, 0) is 17.5 Å². The minimum absolute atomic E-state index is 0. The third-order valence-corrected chi connectivity index (χ3v) is 2.04. The predicted molar refractivity (Wildman–Crippen MR) is 70.0 cm³/mol. The molecule has 0 fully saturated rings. The van der Waals surface area contributed by atoms with E-state index in [0.717, 1.165) is 17.2 Å². The molecule has 0 atom stereocenters. The molecule has 0 heterocycles. The van der Waals surface area contributed by atoms with Gasteiger partial charge in [0.25, 0.3) is 0 Å². The summed E-state index contributed by atoms with van der Waals surface area (Å²) in [6.45, 7) is 6.16. The number of amidine groups is 1. The zero-order valence-corrected chi connectivity index (χ0v) is 12.1. The largest absolute Gasteiger partial charge is 2.00 e. The van der Waals surface area contributed by atoms with Gasteiger partial charge in [-0.15, -0.1) is 11.5 Å². The van der Waals surface area contributed by atoms with Crippen molar-refractivity contribution in [3.05, 3.63) is 35.0 Å². The van der Waals surface area contributed by atoms with E-state index in [1.807, 2.05) is 12.1 Å². The Bertz CT molecular complexity index is 365. The fourth-order valence-corrected chi connectivity index (χ4v) is 1.18. The first-order valence-electron chi connectivity index (χ1n) is 5.18. The number of nitrogens with two attached hydrogens (primary N) is 1. The number of rotatable bonds is 2. The molecule has 2 N–H and O–H groups in total. The molecule has 0 aromatic heterocycles. The van der Waals surface area contributed by atoms with Crippen LogP contribution < -0.4 is 5.73 Å². The summed E-state index contributed by atoms with van der Waals surface area (Å²) < 4.78 is 0. The van der Waals surface area contributed by atoms with Crippen LogP contribution in [0.2, 0.25) is 0 Å². The third-order valence-electron chi connectivity index (χ3n) is 2.04. The molecule has 1 aromatic carbocycles. The molecule has 0 saturated heterocycles. The molecule has 4 nitrogen and oxygen atoms in total. The SMILES string of the molecule is C[N-]/C(=N\[N-]c1ccc(N)cc1)C(C)(C)C.[V+2]. The Morgan fingerprint density at radius 1 is 1.18 bits per heavy atom. The number of anilines is 1. The molecule has 0 aliphatic heterocycles. The van der Waals surface area contributed by atoms with E-state index in [1.54, 1.807) is 19.2 Å². The molecule has 0 aliphatic carbocycles. The van der Waals surface area contributed by atoms with Crippen molar-refractivity contribution in [2.75, 3.05) is 12.8 Å². The Kier molecular flexibility index (Phi) is 6.14. The minimum atomic E-state index is -0.0912. The van der Waals surface area contributed by atoms with Gasteiger partial charge in [-0.2, -0.15) is 0 Å². The Labute approximate surface area is 115 Å². The monoisotopic (exact) mass is 269 g/mol. The van der Waals surface area contributed by atoms with Crippen LogP contribution in [0.5, 0.6) is 0 Å². The second-order valence-corrected chi connectivity index (χ2v) is 4.59. The van der Waals surface area contributed by atoms with Gasteiger partial charge in [0, 0.05) is 5.69 Å². The summed E-state index contributed by atoms with van der Waals surface area (Å²) in [6.07, 6.45) is 0. The van der Waals surface area contributed by atoms with Gasteiger partial charge in [-0.1, -0.05) is 40.0 Å². The van der Waals surface area contributed by atoms with Crippen molar-refractivity contribution in [3.8, 4) is 0 Å². The van der Waals surface area contributed by atoms with E-state index in [1.165, 1.54) is 0 Å². The molecule has 1 radical (unpaired) electrons. The van der Waals surface area contributed by atoms with E-state index in [2.05, 4.69) is 36.6 Å². The van der Waals surface area contributed by atoms with Crippen molar-refractivity contribution in [1.29, 1.82) is 0 Å². The van der Waals surface area contributed by atoms with E-state index in [-0.39, 0.29) is 24.0 Å². The maximum atomic E-state index is 5.58. The van der Waals surface area contributed by atoms with Crippen LogP contribution in [0, 0.1) is 5.41 Å². The van der Waals surface area contributed by atoms with Gasteiger partial charge in [0.1, 0.15) is 0 Å². The molecular formula is C12H18N4V. The normalized spacial score (nSPS) is 11.6. The molecule has 0 spiro atoms. The van der Waals surface area contributed by atoms with Gasteiger partial charge >= 0.3 is 18.6 Å². The first-order chi connectivity index (χ1) is 7.43. The van der Waals surface area contributed by atoms with Gasteiger partial charge in [0.2, 0.25) is 0 Å². The minimum Gasteiger partial charge on any atom is -0.691 e. The first kappa shape index (κ1) is 15.9. The molecule has 17 heavy (non-hydrogen) atoms. The van der Waals surface area contributed by atoms with Crippen LogP contribution in [0.4, 0.5) is 11.4 Å². The molecule has 0 aliphatic rings. The summed E-state index contributed by atoms with van der Waals surface area (Å²) in [5.41, 5.74) is 11.1. The second-order valence-electron chi connectivity index (χ2n) is 4.59. The van der Waals surface area contributed by atoms with E-state index in [9.17, 15) is 0 Å². The van der Waals surface area contributed by atoms with Gasteiger partial charge in [0.15, 0.2) is 0 Å². The van der Waals surface area contributed by atoms with Crippen molar-refractivity contribution in [3.63, 3.8) is 0 Å². The van der Waals surface area contributed by atoms with Crippen molar-refractivity contribution >= 4 is 17.2 Å². The Morgan fingerprint density at radius 3 is 2.12 bits per heavy atom. The molecule has 0 amide bonds. The van der Waals surface area contributed by atoms with E-state index < -0.39 is 0 Å². The van der Waals surface area contributed by atoms with Crippen molar-refractivity contribution in [1.82, 2.24) is 0 Å². The number of nitrogens with zero attached hydrogens (tertiary/aromatic N) is 3. The molecule has 0 saturated carbocycles. The Hall–Kier alpha value is -1.13. The van der Waals surface area contributed by atoms with E-state index in [0.29, 0.717) is 0 Å². The van der Waals surface area contributed by atoms with Crippen LogP contribution >= 0.6 is 0 Å². The zero-order valence-electron chi connectivity index (χ0n) is 10.7. The topological polar surface area (TPSA) is 66.6 Å². The molecule has 0 bridgehead atoms. The van der Waals surface area contributed by atoms with Crippen molar-refractivity contribution in [2.24, 2.45) is 10.5 Å². The number of hydrogen-bond acceptors (Lipinski definition) is 2. The van der Waals surface area contributed by atoms with Crippen LogP contribution in [0.15, 0.2) is 29.4 Å². The summed E-state index contributed by atoms with van der Waals surface area (Å²) in [4.78, 5) is 0. The van der Waals surface area contributed by atoms with Gasteiger partial charge in [0.05, 0.1) is 0 Å². The van der Waals surface area contributed by atoms with Gasteiger partial charge in [-0.3, -0.25) is 0 Å². The molecule has 1 aromatic rings. The standard InChI is InChI=1S/C12H18N4.V/c1-12(2,3)11(14-4)16-15-10-7-5-9(13)6-8-10;/h5-8H,13H2,1-4H3;/q-2;+2. The van der Waals surface area contributed by atoms with Crippen molar-refractivity contribution < 1.29 is 18.6 Å². The third kappa shape index (κ3) is 5.15. The number of benzene rings is 1. The predicted octanol–water partition coefficient (Wildman–Crippen LogP) is 3.63. The molecule has 0 unspecified atom stereocenters. The summed E-state index contributed by atoms with van der Waals surface area (Å²) in [5, 5.41) is 8.27. The molecule has 1 rings (SSSR count). The van der Waals surface area contributed by atoms with Crippen LogP contribution in [-0.2, 0) is 18.6 Å². The molecular weight excluding hydrogens is 251 g/mol. The van der Waals surface area contributed by atoms with Crippen LogP contribution in [0.3, 0.4) is 0 Å². The first-order valence-corrected chi connectivity index (χ1v) is 5.18. The molecule has 5 heteroatoms. The van der Waals surface area contributed by atoms with Gasteiger partial charge in [-0.25, -0.2) is 0 Å². The maximum absolute atomic E-state index is 5.58. The average Bonchev–Trinajstić information content (AvgIpc) is 2.19. The summed E-state index contributed by atoms with van der Waals surface area (Å²) >= 11 is 0. The fourth-order valence-electron chi connectivity index (χ4n) is 1.18. The van der Waals surface area contributed by atoms with E-state index in [4.69, 9.17) is 5.73 Å². The quantitative estimate of drug-likeness (QED) is 0.379. The van der Waals surface area contributed by atoms with Gasteiger partial charge < -0.3 is 21.6 Å². The Balaban J connectivity index is 0.00000256. The maximum Gasteiger partial charge on any atom is 2.00 e. The Morgan fingerprint density at radius 2 is 1.71 bits per heavy atom. The van der Waals surface area contributed by atoms with E-state index >= 15 is 0 Å². The summed E-state index contributed by atoms with van der Waals surface area (Å²) in [6, 6.07) is 7.26. The van der Waals surface area contributed by atoms with Crippen LogP contribution in [0.1, 0.15) is 20.8 Å². The smallest absolute Gasteiger partial charge is 0.691 e. The zero-order chi connectivity index (χ0) is 12.2. The summed E-state index contributed by atoms with van der Waals surface area (Å²) in [5.74, 6) is 0.726. The molecule has 91 valence electrons. The van der Waals surface area contributed by atoms with Crippen LogP contribution in [0.25, 0.3) is 10.7 Å². The number of hydrogen-bond donors (Lipinski definition) is 1. The fraction of sp³-hybridized carbons (Fsp3) is 0.417. The average molecular weight is 269 g/mol. The van der Waals surface area contributed by atoms with Crippen LogP contribution in [-0.4, -0.2) is 12.9 Å². The van der Waals surface area contributed by atoms with Crippen molar-refractivity contribution in [2.45, 2.75) is 20.8 Å². The summed E-state index contributed by atoms with van der Waals surface area (Å²) in [7, 11) is 1.72. The number of nitrogen functional groups attached to an aromatic ring is 1.